The van der Waals surface area contributed by atoms with E-state index in [9.17, 15) is 9.59 Å². The van der Waals surface area contributed by atoms with E-state index in [0.29, 0.717) is 30.0 Å². The third-order valence-corrected chi connectivity index (χ3v) is 4.61. The molecule has 0 N–H and O–H groups in total. The first-order valence-corrected chi connectivity index (χ1v) is 8.32. The summed E-state index contributed by atoms with van der Waals surface area (Å²) in [5.41, 5.74) is 2.49. The Morgan fingerprint density at radius 3 is 2.52 bits per heavy atom. The lowest BCUT2D eigenvalue weighted by molar-refractivity contribution is -0.127. The van der Waals surface area contributed by atoms with Gasteiger partial charge in [0.05, 0.1) is 5.56 Å². The summed E-state index contributed by atoms with van der Waals surface area (Å²) in [4.78, 5) is 26.9. The number of ketones is 1. The van der Waals surface area contributed by atoms with Crippen molar-refractivity contribution in [2.75, 3.05) is 6.54 Å². The van der Waals surface area contributed by atoms with Crippen LogP contribution in [0, 0.1) is 19.8 Å². The van der Waals surface area contributed by atoms with Crippen LogP contribution in [0.2, 0.25) is 0 Å². The number of nitrogens with zero attached hydrogens (tertiary/aromatic N) is 1. The second-order valence-electron chi connectivity index (χ2n) is 6.27. The van der Waals surface area contributed by atoms with E-state index in [1.807, 2.05) is 56.3 Å². The minimum Gasteiger partial charge on any atom is -0.457 e. The molecular formula is C21H21NO3. The van der Waals surface area contributed by atoms with Crippen LogP contribution in [0.15, 0.2) is 55.2 Å². The van der Waals surface area contributed by atoms with Gasteiger partial charge in [-0.3, -0.25) is 9.59 Å². The third-order valence-electron chi connectivity index (χ3n) is 4.61. The van der Waals surface area contributed by atoms with Gasteiger partial charge in [-0.1, -0.05) is 24.8 Å². The average molecular weight is 335 g/mol. The largest absolute Gasteiger partial charge is 0.457 e. The third kappa shape index (κ3) is 3.33. The van der Waals surface area contributed by atoms with Gasteiger partial charge < -0.3 is 9.64 Å². The second kappa shape index (κ2) is 6.93. The number of carbonyl (C=O) groups excluding carboxylic acids is 2. The summed E-state index contributed by atoms with van der Waals surface area (Å²) in [5, 5.41) is 0. The number of aryl methyl sites for hydroxylation is 2. The predicted octanol–water partition coefficient (Wildman–Crippen LogP) is 4.27. The summed E-state index contributed by atoms with van der Waals surface area (Å²) in [7, 11) is 0. The molecule has 0 radical (unpaired) electrons. The van der Waals surface area contributed by atoms with Crippen molar-refractivity contribution in [3.63, 3.8) is 0 Å². The Morgan fingerprint density at radius 1 is 1.20 bits per heavy atom. The fourth-order valence-electron chi connectivity index (χ4n) is 3.00. The van der Waals surface area contributed by atoms with Crippen LogP contribution in [0.1, 0.15) is 27.9 Å². The van der Waals surface area contributed by atoms with E-state index in [-0.39, 0.29) is 11.7 Å². The van der Waals surface area contributed by atoms with Gasteiger partial charge in [0.25, 0.3) is 0 Å². The van der Waals surface area contributed by atoms with Crippen LogP contribution in [0.4, 0.5) is 0 Å². The van der Waals surface area contributed by atoms with Gasteiger partial charge in [0.15, 0.2) is 5.78 Å². The molecule has 1 atom stereocenters. The van der Waals surface area contributed by atoms with Crippen LogP contribution in [0.3, 0.4) is 0 Å². The first-order chi connectivity index (χ1) is 12.0. The lowest BCUT2D eigenvalue weighted by Crippen LogP contribution is -2.26. The predicted molar refractivity (Wildman–Crippen MR) is 96.8 cm³/mol. The summed E-state index contributed by atoms with van der Waals surface area (Å²) in [6.45, 7) is 8.08. The molecule has 2 aromatic carbocycles. The maximum absolute atomic E-state index is 13.0. The molecular weight excluding hydrogens is 314 g/mol. The molecule has 0 aromatic heterocycles. The molecule has 0 saturated carbocycles. The normalized spacial score (nSPS) is 16.8. The molecule has 1 aliphatic rings. The second-order valence-corrected chi connectivity index (χ2v) is 6.27. The van der Waals surface area contributed by atoms with E-state index < -0.39 is 5.92 Å². The molecule has 1 aliphatic heterocycles. The number of rotatable bonds is 5. The van der Waals surface area contributed by atoms with Gasteiger partial charge in [0.2, 0.25) is 5.91 Å². The molecule has 0 spiro atoms. The molecule has 4 heteroatoms. The van der Waals surface area contributed by atoms with Crippen LogP contribution >= 0.6 is 0 Å². The van der Waals surface area contributed by atoms with E-state index in [4.69, 9.17) is 4.74 Å². The van der Waals surface area contributed by atoms with E-state index >= 15 is 0 Å². The number of para-hydroxylation sites is 1. The van der Waals surface area contributed by atoms with Crippen LogP contribution < -0.4 is 4.74 Å². The number of amides is 1. The number of carbonyl (C=O) groups is 2. The van der Waals surface area contributed by atoms with E-state index in [0.717, 1.165) is 11.1 Å². The molecule has 25 heavy (non-hydrogen) atoms. The van der Waals surface area contributed by atoms with Gasteiger partial charge in [0.1, 0.15) is 17.4 Å². The van der Waals surface area contributed by atoms with Crippen molar-refractivity contribution in [3.05, 3.63) is 71.9 Å². The van der Waals surface area contributed by atoms with Crippen LogP contribution in [-0.4, -0.2) is 23.1 Å². The zero-order chi connectivity index (χ0) is 18.0. The fourth-order valence-corrected chi connectivity index (χ4v) is 3.00. The maximum atomic E-state index is 13.0. The molecule has 3 rings (SSSR count). The van der Waals surface area contributed by atoms with Crippen molar-refractivity contribution in [3.8, 4) is 11.5 Å². The van der Waals surface area contributed by atoms with Crippen molar-refractivity contribution in [1.29, 1.82) is 0 Å². The number of Topliss-reactive ketones (excluding diaryl/α,β-unsaturated/α-hetero) is 1. The first kappa shape index (κ1) is 17.0. The molecule has 1 amide bonds. The average Bonchev–Trinajstić information content (AvgIpc) is 2.99. The lowest BCUT2D eigenvalue weighted by Gasteiger charge is -2.16. The van der Waals surface area contributed by atoms with Gasteiger partial charge >= 0.3 is 0 Å². The van der Waals surface area contributed by atoms with Gasteiger partial charge in [-0.2, -0.15) is 0 Å². The van der Waals surface area contributed by atoms with Crippen molar-refractivity contribution in [2.24, 2.45) is 5.92 Å². The standard InChI is InChI=1S/C21H21NO3/c1-4-22-11-10-17(21(22)24)20(23)18-12-14(2)15(3)13-19(18)25-16-8-6-5-7-9-16/h4-9,12-13,17H,1,10-11H2,2-3H3. The van der Waals surface area contributed by atoms with E-state index in [2.05, 4.69) is 6.58 Å². The molecule has 1 saturated heterocycles. The van der Waals surface area contributed by atoms with Gasteiger partial charge in [0, 0.05) is 6.54 Å². The highest BCUT2D eigenvalue weighted by Crippen LogP contribution is 2.32. The topological polar surface area (TPSA) is 46.6 Å². The van der Waals surface area contributed by atoms with Crippen molar-refractivity contribution in [1.82, 2.24) is 4.90 Å². The van der Waals surface area contributed by atoms with Crippen LogP contribution in [0.5, 0.6) is 11.5 Å². The quantitative estimate of drug-likeness (QED) is 0.605. The van der Waals surface area contributed by atoms with Gasteiger partial charge in [-0.05, 0) is 61.9 Å². The highest BCUT2D eigenvalue weighted by molar-refractivity contribution is 6.12. The summed E-state index contributed by atoms with van der Waals surface area (Å²) in [6, 6.07) is 13.0. The molecule has 2 aromatic rings. The van der Waals surface area contributed by atoms with Crippen molar-refractivity contribution in [2.45, 2.75) is 20.3 Å². The highest BCUT2D eigenvalue weighted by atomic mass is 16.5. The molecule has 4 nitrogen and oxygen atoms in total. The number of hydrogen-bond donors (Lipinski definition) is 0. The minimum absolute atomic E-state index is 0.191. The fraction of sp³-hybridized carbons (Fsp3) is 0.238. The zero-order valence-electron chi connectivity index (χ0n) is 14.5. The molecule has 1 heterocycles. The summed E-state index contributed by atoms with van der Waals surface area (Å²) in [5.74, 6) is 0.0972. The Labute approximate surface area is 147 Å². The van der Waals surface area contributed by atoms with Crippen LogP contribution in [-0.2, 0) is 4.79 Å². The Bertz CT molecular complexity index is 827. The summed E-state index contributed by atoms with van der Waals surface area (Å²) < 4.78 is 5.95. The van der Waals surface area contributed by atoms with E-state index in [1.165, 1.54) is 11.1 Å². The van der Waals surface area contributed by atoms with E-state index in [1.54, 1.807) is 0 Å². The molecule has 0 aliphatic carbocycles. The van der Waals surface area contributed by atoms with Gasteiger partial charge in [-0.25, -0.2) is 0 Å². The number of hydrogen-bond acceptors (Lipinski definition) is 3. The Balaban J connectivity index is 1.97. The SMILES string of the molecule is C=CN1CCC(C(=O)c2cc(C)c(C)cc2Oc2ccccc2)C1=O. The smallest absolute Gasteiger partial charge is 0.237 e. The Morgan fingerprint density at radius 2 is 1.88 bits per heavy atom. The Hall–Kier alpha value is -2.88. The maximum Gasteiger partial charge on any atom is 0.237 e. The molecule has 0 bridgehead atoms. The molecule has 128 valence electrons. The number of benzene rings is 2. The summed E-state index contributed by atoms with van der Waals surface area (Å²) >= 11 is 0. The number of likely N-dealkylation sites (tertiary alicyclic amines) is 1. The monoisotopic (exact) mass is 335 g/mol. The highest BCUT2D eigenvalue weighted by Gasteiger charge is 2.37. The molecule has 1 fully saturated rings. The lowest BCUT2D eigenvalue weighted by atomic mass is 9.93. The summed E-state index contributed by atoms with van der Waals surface area (Å²) in [6.07, 6.45) is 1.98. The van der Waals surface area contributed by atoms with Crippen molar-refractivity contribution < 1.29 is 14.3 Å². The number of ether oxygens (including phenoxy) is 1. The zero-order valence-corrected chi connectivity index (χ0v) is 14.5. The molecule has 1 unspecified atom stereocenters. The van der Waals surface area contributed by atoms with Crippen LogP contribution in [0.25, 0.3) is 0 Å². The first-order valence-electron chi connectivity index (χ1n) is 8.32. The Kier molecular flexibility index (Phi) is 4.70. The van der Waals surface area contributed by atoms with Crippen molar-refractivity contribution >= 4 is 11.7 Å². The van der Waals surface area contributed by atoms with Gasteiger partial charge in [-0.15, -0.1) is 0 Å². The minimum atomic E-state index is -0.668.